The first kappa shape index (κ1) is 18.3. The Balaban J connectivity index is 0.00000196. The molecule has 1 aliphatic rings. The number of pyridine rings is 2. The topological polar surface area (TPSA) is 66.9 Å². The van der Waals surface area contributed by atoms with Crippen LogP contribution in [0.15, 0.2) is 54.9 Å². The third-order valence-electron chi connectivity index (χ3n) is 4.71. The summed E-state index contributed by atoms with van der Waals surface area (Å²) in [7, 11) is 0. The molecule has 1 saturated heterocycles. The quantitative estimate of drug-likeness (QED) is 0.738. The number of rotatable bonds is 3. The van der Waals surface area contributed by atoms with Gasteiger partial charge in [-0.15, -0.1) is 12.4 Å². The molecule has 3 heterocycles. The molecule has 0 bridgehead atoms. The van der Waals surface area contributed by atoms with Crippen molar-refractivity contribution in [3.05, 3.63) is 66.1 Å². The summed E-state index contributed by atoms with van der Waals surface area (Å²) >= 11 is 0. The second-order valence-electron chi connectivity index (χ2n) is 6.33. The van der Waals surface area contributed by atoms with Gasteiger partial charge in [0.1, 0.15) is 5.69 Å². The van der Waals surface area contributed by atoms with Crippen molar-refractivity contribution in [3.8, 4) is 0 Å². The number of amides is 1. The van der Waals surface area contributed by atoms with Crippen LogP contribution in [-0.2, 0) is 0 Å². The number of nitrogens with zero attached hydrogens (tertiary/aromatic N) is 2. The van der Waals surface area contributed by atoms with E-state index in [0.717, 1.165) is 36.8 Å². The molecule has 4 rings (SSSR count). The second-order valence-corrected chi connectivity index (χ2v) is 6.33. The van der Waals surface area contributed by atoms with Crippen molar-refractivity contribution >= 4 is 34.9 Å². The fraction of sp³-hybridized carbons (Fsp3) is 0.250. The second kappa shape index (κ2) is 8.25. The Hall–Kier alpha value is -2.50. The van der Waals surface area contributed by atoms with Crippen LogP contribution < -0.4 is 10.6 Å². The molecule has 0 saturated carbocycles. The van der Waals surface area contributed by atoms with Gasteiger partial charge in [0.15, 0.2) is 0 Å². The van der Waals surface area contributed by atoms with E-state index in [4.69, 9.17) is 0 Å². The highest BCUT2D eigenvalue weighted by Gasteiger charge is 2.17. The number of carbonyl (C=O) groups is 1. The number of piperidine rings is 1. The number of hydrogen-bond donors (Lipinski definition) is 2. The minimum Gasteiger partial charge on any atom is -0.319 e. The highest BCUT2D eigenvalue weighted by Crippen LogP contribution is 2.26. The molecular formula is C20H21ClN4O. The lowest BCUT2D eigenvalue weighted by atomic mass is 9.90. The van der Waals surface area contributed by atoms with Gasteiger partial charge in [-0.1, -0.05) is 18.2 Å². The number of halogens is 1. The first-order valence-electron chi connectivity index (χ1n) is 8.63. The summed E-state index contributed by atoms with van der Waals surface area (Å²) in [4.78, 5) is 21.3. The number of fused-ring (bicyclic) bond motifs is 1. The van der Waals surface area contributed by atoms with Crippen LogP contribution in [0.25, 0.3) is 10.9 Å². The van der Waals surface area contributed by atoms with Gasteiger partial charge < -0.3 is 10.6 Å². The van der Waals surface area contributed by atoms with Crippen LogP contribution in [0.4, 0.5) is 5.69 Å². The van der Waals surface area contributed by atoms with Crippen LogP contribution in [0.3, 0.4) is 0 Å². The van der Waals surface area contributed by atoms with Crippen LogP contribution >= 0.6 is 12.4 Å². The van der Waals surface area contributed by atoms with E-state index in [-0.39, 0.29) is 18.3 Å². The van der Waals surface area contributed by atoms with E-state index in [9.17, 15) is 4.79 Å². The van der Waals surface area contributed by atoms with Gasteiger partial charge in [-0.25, -0.2) is 0 Å². The number of nitrogens with one attached hydrogen (secondary N) is 2. The van der Waals surface area contributed by atoms with Crippen LogP contribution in [0.1, 0.15) is 34.8 Å². The molecular weight excluding hydrogens is 348 g/mol. The third-order valence-corrected chi connectivity index (χ3v) is 4.71. The standard InChI is InChI=1S/C20H20N4O.ClH/c25-20(24-17-5-1-3-15-4-2-9-23-19(15)17)18-13-16(8-12-22-18)14-6-10-21-11-7-14;/h1-5,8-9,12-14,21H,6-7,10-11H2,(H,24,25);1H. The number of hydrogen-bond acceptors (Lipinski definition) is 4. The summed E-state index contributed by atoms with van der Waals surface area (Å²) in [5.41, 5.74) is 3.13. The summed E-state index contributed by atoms with van der Waals surface area (Å²) in [6.07, 6.45) is 5.65. The monoisotopic (exact) mass is 368 g/mol. The Morgan fingerprint density at radius 1 is 1.04 bits per heavy atom. The molecule has 1 aliphatic heterocycles. The predicted octanol–water partition coefficient (Wildman–Crippen LogP) is 3.77. The lowest BCUT2D eigenvalue weighted by Gasteiger charge is -2.23. The fourth-order valence-corrected chi connectivity index (χ4v) is 3.37. The Bertz CT molecular complexity index is 904. The molecule has 0 atom stereocenters. The Morgan fingerprint density at radius 2 is 1.85 bits per heavy atom. The minimum atomic E-state index is -0.200. The normalized spacial score (nSPS) is 14.6. The van der Waals surface area contributed by atoms with Crippen molar-refractivity contribution in [1.29, 1.82) is 0 Å². The molecule has 5 nitrogen and oxygen atoms in total. The minimum absolute atomic E-state index is 0. The number of benzene rings is 1. The SMILES string of the molecule is Cl.O=C(Nc1cccc2cccnc12)c1cc(C2CCNCC2)ccn1. The van der Waals surface area contributed by atoms with E-state index < -0.39 is 0 Å². The van der Waals surface area contributed by atoms with Crippen LogP contribution in [0.2, 0.25) is 0 Å². The summed E-state index contributed by atoms with van der Waals surface area (Å²) < 4.78 is 0. The van der Waals surface area contributed by atoms with Crippen LogP contribution in [-0.4, -0.2) is 29.0 Å². The zero-order valence-corrected chi connectivity index (χ0v) is 15.1. The Kier molecular flexibility index (Phi) is 5.81. The molecule has 1 fully saturated rings. The maximum Gasteiger partial charge on any atom is 0.274 e. The molecule has 0 unspecified atom stereocenters. The number of aromatic nitrogens is 2. The van der Waals surface area contributed by atoms with E-state index in [1.807, 2.05) is 42.5 Å². The highest BCUT2D eigenvalue weighted by atomic mass is 35.5. The average molecular weight is 369 g/mol. The maximum absolute atomic E-state index is 12.7. The fourth-order valence-electron chi connectivity index (χ4n) is 3.37. The van der Waals surface area contributed by atoms with Gasteiger partial charge in [-0.05, 0) is 61.7 Å². The lowest BCUT2D eigenvalue weighted by Crippen LogP contribution is -2.26. The number of carbonyl (C=O) groups excluding carboxylic acids is 1. The van der Waals surface area contributed by atoms with Gasteiger partial charge in [-0.2, -0.15) is 0 Å². The third kappa shape index (κ3) is 3.84. The van der Waals surface area contributed by atoms with Gasteiger partial charge in [0.25, 0.3) is 5.91 Å². The molecule has 0 spiro atoms. The summed E-state index contributed by atoms with van der Waals surface area (Å²) in [6.45, 7) is 2.05. The van der Waals surface area contributed by atoms with Crippen molar-refractivity contribution < 1.29 is 4.79 Å². The molecule has 26 heavy (non-hydrogen) atoms. The predicted molar refractivity (Wildman–Crippen MR) is 106 cm³/mol. The van der Waals surface area contributed by atoms with Gasteiger partial charge in [-0.3, -0.25) is 14.8 Å². The van der Waals surface area contributed by atoms with E-state index in [1.165, 1.54) is 5.56 Å². The summed E-state index contributed by atoms with van der Waals surface area (Å²) in [5, 5.41) is 7.32. The highest BCUT2D eigenvalue weighted by molar-refractivity contribution is 6.07. The molecule has 1 aromatic carbocycles. The Morgan fingerprint density at radius 3 is 2.69 bits per heavy atom. The smallest absolute Gasteiger partial charge is 0.274 e. The molecule has 0 aliphatic carbocycles. The molecule has 0 radical (unpaired) electrons. The van der Waals surface area contributed by atoms with Gasteiger partial charge in [0, 0.05) is 17.8 Å². The van der Waals surface area contributed by atoms with Crippen LogP contribution in [0.5, 0.6) is 0 Å². The van der Waals surface area contributed by atoms with E-state index in [0.29, 0.717) is 17.3 Å². The average Bonchev–Trinajstić information content (AvgIpc) is 2.69. The van der Waals surface area contributed by atoms with Gasteiger partial charge in [0.05, 0.1) is 11.2 Å². The van der Waals surface area contributed by atoms with Crippen molar-refractivity contribution in [3.63, 3.8) is 0 Å². The van der Waals surface area contributed by atoms with E-state index >= 15 is 0 Å². The molecule has 2 aromatic heterocycles. The first-order chi connectivity index (χ1) is 12.3. The Labute approximate surface area is 158 Å². The lowest BCUT2D eigenvalue weighted by molar-refractivity contribution is 0.102. The van der Waals surface area contributed by atoms with Crippen molar-refractivity contribution in [2.45, 2.75) is 18.8 Å². The molecule has 1 amide bonds. The number of anilines is 1. The van der Waals surface area contributed by atoms with E-state index in [1.54, 1.807) is 12.4 Å². The maximum atomic E-state index is 12.7. The summed E-state index contributed by atoms with van der Waals surface area (Å²) in [5.74, 6) is 0.295. The van der Waals surface area contributed by atoms with Crippen molar-refractivity contribution in [2.24, 2.45) is 0 Å². The largest absolute Gasteiger partial charge is 0.319 e. The number of para-hydroxylation sites is 1. The van der Waals surface area contributed by atoms with Gasteiger partial charge >= 0.3 is 0 Å². The zero-order valence-electron chi connectivity index (χ0n) is 14.3. The van der Waals surface area contributed by atoms with Gasteiger partial charge in [0.2, 0.25) is 0 Å². The zero-order chi connectivity index (χ0) is 17.1. The van der Waals surface area contributed by atoms with Crippen molar-refractivity contribution in [1.82, 2.24) is 15.3 Å². The molecule has 134 valence electrons. The first-order valence-corrected chi connectivity index (χ1v) is 8.63. The van der Waals surface area contributed by atoms with Crippen LogP contribution in [0, 0.1) is 0 Å². The molecule has 6 heteroatoms. The van der Waals surface area contributed by atoms with E-state index in [2.05, 4.69) is 20.6 Å². The van der Waals surface area contributed by atoms with Crippen molar-refractivity contribution in [2.75, 3.05) is 18.4 Å². The molecule has 3 aromatic rings. The molecule has 2 N–H and O–H groups in total. The summed E-state index contributed by atoms with van der Waals surface area (Å²) in [6, 6.07) is 13.6.